The molecule has 0 fully saturated rings. The van der Waals surface area contributed by atoms with E-state index in [4.69, 9.17) is 9.47 Å². The van der Waals surface area contributed by atoms with Gasteiger partial charge in [-0.2, -0.15) is 0 Å². The summed E-state index contributed by atoms with van der Waals surface area (Å²) < 4.78 is 34.9. The highest BCUT2D eigenvalue weighted by Crippen LogP contribution is 2.26. The summed E-state index contributed by atoms with van der Waals surface area (Å²) in [6.07, 6.45) is 0. The van der Waals surface area contributed by atoms with Gasteiger partial charge in [-0.1, -0.05) is 0 Å². The number of nitrogens with one attached hydrogen (secondary N) is 1. The summed E-state index contributed by atoms with van der Waals surface area (Å²) in [5.74, 6) is -0.0449. The van der Waals surface area contributed by atoms with Crippen molar-refractivity contribution in [2.75, 3.05) is 25.3 Å². The van der Waals surface area contributed by atoms with Crippen molar-refractivity contribution in [1.82, 2.24) is 4.98 Å². The molecule has 3 rings (SSSR count). The predicted molar refractivity (Wildman–Crippen MR) is 108 cm³/mol. The van der Waals surface area contributed by atoms with Crippen molar-refractivity contribution in [3.63, 3.8) is 0 Å². The Balaban J connectivity index is 1.66. The van der Waals surface area contributed by atoms with Crippen LogP contribution in [0.4, 0.5) is 5.13 Å². The lowest BCUT2D eigenvalue weighted by molar-refractivity contribution is -0.113. The largest absolute Gasteiger partial charge is 0.497 e. The molecule has 1 aromatic heterocycles. The zero-order valence-corrected chi connectivity index (χ0v) is 16.8. The first-order valence-corrected chi connectivity index (χ1v) is 10.7. The van der Waals surface area contributed by atoms with Crippen LogP contribution >= 0.6 is 11.3 Å². The number of anilines is 1. The molecule has 146 valence electrons. The van der Waals surface area contributed by atoms with E-state index in [-0.39, 0.29) is 4.90 Å². The van der Waals surface area contributed by atoms with Gasteiger partial charge in [0.1, 0.15) is 17.3 Å². The second-order valence-corrected chi connectivity index (χ2v) is 8.60. The van der Waals surface area contributed by atoms with Crippen LogP contribution in [0.3, 0.4) is 0 Å². The lowest BCUT2D eigenvalue weighted by Crippen LogP contribution is -2.22. The van der Waals surface area contributed by atoms with Crippen LogP contribution < -0.4 is 14.8 Å². The molecule has 0 saturated heterocycles. The number of carbonyl (C=O) groups is 1. The van der Waals surface area contributed by atoms with Crippen LogP contribution in [0.5, 0.6) is 11.5 Å². The Hall–Kier alpha value is -2.91. The third kappa shape index (κ3) is 4.68. The van der Waals surface area contributed by atoms with E-state index in [0.717, 1.165) is 11.3 Å². The van der Waals surface area contributed by atoms with E-state index in [0.29, 0.717) is 16.6 Å². The van der Waals surface area contributed by atoms with E-state index >= 15 is 0 Å². The molecule has 7 nitrogen and oxygen atoms in total. The summed E-state index contributed by atoms with van der Waals surface area (Å²) >= 11 is 1.22. The van der Waals surface area contributed by atoms with Gasteiger partial charge in [-0.15, -0.1) is 11.3 Å². The number of sulfone groups is 1. The first kappa shape index (κ1) is 19.8. The van der Waals surface area contributed by atoms with Gasteiger partial charge >= 0.3 is 0 Å². The van der Waals surface area contributed by atoms with Gasteiger partial charge in [0.2, 0.25) is 5.91 Å². The van der Waals surface area contributed by atoms with Gasteiger partial charge in [-0.25, -0.2) is 13.4 Å². The monoisotopic (exact) mass is 418 g/mol. The van der Waals surface area contributed by atoms with Gasteiger partial charge < -0.3 is 14.8 Å². The third-order valence-corrected chi connectivity index (χ3v) is 6.27. The molecular formula is C19H18N2O5S2. The maximum absolute atomic E-state index is 12.4. The summed E-state index contributed by atoms with van der Waals surface area (Å²) in [6, 6.07) is 13.2. The van der Waals surface area contributed by atoms with Gasteiger partial charge in [0.15, 0.2) is 15.0 Å². The Morgan fingerprint density at radius 1 is 1.00 bits per heavy atom. The second-order valence-electron chi connectivity index (χ2n) is 5.75. The van der Waals surface area contributed by atoms with Crippen molar-refractivity contribution >= 4 is 32.2 Å². The van der Waals surface area contributed by atoms with Crippen molar-refractivity contribution in [3.8, 4) is 22.8 Å². The standard InChI is InChI=1S/C19H18N2O5S2/c1-25-14-5-3-13(4-6-14)17-11-27-19(20-17)21-18(22)12-28(23,24)16-9-7-15(26-2)8-10-16/h3-11H,12H2,1-2H3,(H,20,21,22). The minimum absolute atomic E-state index is 0.0570. The number of thiazole rings is 1. The van der Waals surface area contributed by atoms with Crippen molar-refractivity contribution in [3.05, 3.63) is 53.9 Å². The zero-order valence-electron chi connectivity index (χ0n) is 15.2. The fourth-order valence-electron chi connectivity index (χ4n) is 2.42. The van der Waals surface area contributed by atoms with Crippen LogP contribution in [-0.2, 0) is 14.6 Å². The van der Waals surface area contributed by atoms with Gasteiger partial charge in [-0.05, 0) is 48.5 Å². The van der Waals surface area contributed by atoms with E-state index in [9.17, 15) is 13.2 Å². The first-order valence-electron chi connectivity index (χ1n) is 8.18. The Labute approximate surface area is 166 Å². The van der Waals surface area contributed by atoms with E-state index < -0.39 is 21.5 Å². The molecular weight excluding hydrogens is 400 g/mol. The number of rotatable bonds is 7. The smallest absolute Gasteiger partial charge is 0.241 e. The van der Waals surface area contributed by atoms with Crippen LogP contribution in [0.2, 0.25) is 0 Å². The molecule has 0 bridgehead atoms. The number of benzene rings is 2. The van der Waals surface area contributed by atoms with Crippen LogP contribution in [0, 0.1) is 0 Å². The lowest BCUT2D eigenvalue weighted by Gasteiger charge is -2.05. The van der Waals surface area contributed by atoms with Crippen molar-refractivity contribution in [2.24, 2.45) is 0 Å². The molecule has 0 aliphatic carbocycles. The van der Waals surface area contributed by atoms with Crippen LogP contribution in [0.1, 0.15) is 0 Å². The molecule has 0 saturated carbocycles. The normalized spacial score (nSPS) is 11.1. The molecule has 0 spiro atoms. The minimum Gasteiger partial charge on any atom is -0.497 e. The molecule has 1 N–H and O–H groups in total. The number of nitrogens with zero attached hydrogens (tertiary/aromatic N) is 1. The highest BCUT2D eigenvalue weighted by molar-refractivity contribution is 7.92. The average molecular weight is 418 g/mol. The van der Waals surface area contributed by atoms with Gasteiger partial charge in [0.05, 0.1) is 24.8 Å². The first-order chi connectivity index (χ1) is 13.4. The van der Waals surface area contributed by atoms with E-state index in [1.165, 1.54) is 42.7 Å². The molecule has 28 heavy (non-hydrogen) atoms. The molecule has 0 unspecified atom stereocenters. The molecule has 3 aromatic rings. The maximum Gasteiger partial charge on any atom is 0.241 e. The van der Waals surface area contributed by atoms with Crippen LogP contribution in [-0.4, -0.2) is 39.3 Å². The minimum atomic E-state index is -3.76. The number of carbonyl (C=O) groups excluding carboxylic acids is 1. The number of hydrogen-bond donors (Lipinski definition) is 1. The summed E-state index contributed by atoms with van der Waals surface area (Å²) in [7, 11) is -0.682. The summed E-state index contributed by atoms with van der Waals surface area (Å²) in [5, 5.41) is 4.66. The molecule has 0 atom stereocenters. The number of aromatic nitrogens is 1. The van der Waals surface area contributed by atoms with Crippen molar-refractivity contribution < 1.29 is 22.7 Å². The molecule has 2 aromatic carbocycles. The summed E-state index contributed by atoms with van der Waals surface area (Å²) in [4.78, 5) is 16.6. The Kier molecular flexibility index (Phi) is 5.96. The predicted octanol–water partition coefficient (Wildman–Crippen LogP) is 3.24. The van der Waals surface area contributed by atoms with Gasteiger partial charge in [-0.3, -0.25) is 4.79 Å². The summed E-state index contributed by atoms with van der Waals surface area (Å²) in [6.45, 7) is 0. The number of amides is 1. The SMILES string of the molecule is COc1ccc(-c2csc(NC(=O)CS(=O)(=O)c3ccc(OC)cc3)n2)cc1. The Morgan fingerprint density at radius 2 is 1.57 bits per heavy atom. The lowest BCUT2D eigenvalue weighted by atomic mass is 10.2. The fraction of sp³-hybridized carbons (Fsp3) is 0.158. The van der Waals surface area contributed by atoms with Crippen LogP contribution in [0.25, 0.3) is 11.3 Å². The number of methoxy groups -OCH3 is 2. The summed E-state index contributed by atoms with van der Waals surface area (Å²) in [5.41, 5.74) is 1.55. The van der Waals surface area contributed by atoms with Crippen LogP contribution in [0.15, 0.2) is 58.8 Å². The third-order valence-electron chi connectivity index (χ3n) is 3.88. The number of ether oxygens (including phenoxy) is 2. The second kappa shape index (κ2) is 8.41. The highest BCUT2D eigenvalue weighted by Gasteiger charge is 2.20. The number of hydrogen-bond acceptors (Lipinski definition) is 7. The van der Waals surface area contributed by atoms with E-state index in [1.807, 2.05) is 24.3 Å². The fourth-order valence-corrected chi connectivity index (χ4v) is 4.29. The Morgan fingerprint density at radius 3 is 2.14 bits per heavy atom. The molecule has 0 aliphatic heterocycles. The quantitative estimate of drug-likeness (QED) is 0.633. The van der Waals surface area contributed by atoms with E-state index in [2.05, 4.69) is 10.3 Å². The molecule has 0 radical (unpaired) electrons. The highest BCUT2D eigenvalue weighted by atomic mass is 32.2. The van der Waals surface area contributed by atoms with Crippen molar-refractivity contribution in [1.29, 1.82) is 0 Å². The topological polar surface area (TPSA) is 94.6 Å². The molecule has 9 heteroatoms. The zero-order chi connectivity index (χ0) is 20.1. The van der Waals surface area contributed by atoms with Gasteiger partial charge in [0, 0.05) is 10.9 Å². The van der Waals surface area contributed by atoms with Gasteiger partial charge in [0.25, 0.3) is 0 Å². The van der Waals surface area contributed by atoms with E-state index in [1.54, 1.807) is 12.5 Å². The van der Waals surface area contributed by atoms with Crippen molar-refractivity contribution in [2.45, 2.75) is 4.90 Å². The molecule has 1 heterocycles. The maximum atomic E-state index is 12.4. The Bertz CT molecular complexity index is 1060. The molecule has 1 amide bonds. The molecule has 0 aliphatic rings. The average Bonchev–Trinajstić information content (AvgIpc) is 3.16.